The Balaban J connectivity index is 1.77. The Morgan fingerprint density at radius 2 is 0.857 bits per heavy atom. The third kappa shape index (κ3) is 3.55. The molecule has 4 heteroatoms. The van der Waals surface area contributed by atoms with Crippen molar-refractivity contribution in [3.8, 4) is 0 Å². The van der Waals surface area contributed by atoms with Crippen LogP contribution in [0.25, 0.3) is 0 Å². The Hall–Kier alpha value is -2.63. The molecule has 0 radical (unpaired) electrons. The highest BCUT2D eigenvalue weighted by Gasteiger charge is 2.44. The maximum absolute atomic E-state index is 12.8. The van der Waals surface area contributed by atoms with E-state index in [1.54, 1.807) is 0 Å². The normalized spacial score (nSPS) is 11.8. The van der Waals surface area contributed by atoms with Gasteiger partial charge in [0.2, 0.25) is 7.49 Å². The van der Waals surface area contributed by atoms with E-state index in [-0.39, 0.29) is 0 Å². The van der Waals surface area contributed by atoms with Crippen molar-refractivity contribution in [3.63, 3.8) is 0 Å². The van der Waals surface area contributed by atoms with Crippen LogP contribution in [0.15, 0.2) is 115 Å². The van der Waals surface area contributed by atoms with Crippen LogP contribution >= 0.6 is 15.3 Å². The van der Waals surface area contributed by atoms with Crippen LogP contribution in [0.3, 0.4) is 0 Å². The van der Waals surface area contributed by atoms with Crippen LogP contribution in [0.5, 0.6) is 0 Å². The topological polar surface area (TPSA) is 37.3 Å². The third-order valence-corrected chi connectivity index (χ3v) is 9.38. The molecule has 0 aromatic heterocycles. The van der Waals surface area contributed by atoms with Crippen molar-refractivity contribution in [3.05, 3.63) is 115 Å². The van der Waals surface area contributed by atoms with Gasteiger partial charge in [0.1, 0.15) is 15.9 Å². The van der Waals surface area contributed by atoms with Gasteiger partial charge in [0, 0.05) is 0 Å². The zero-order valence-electron chi connectivity index (χ0n) is 15.2. The Bertz CT molecular complexity index is 1020. The summed E-state index contributed by atoms with van der Waals surface area (Å²) < 4.78 is 12.8. The average molecular weight is 402 g/mol. The van der Waals surface area contributed by atoms with Crippen molar-refractivity contribution in [2.75, 3.05) is 0 Å². The Kier molecular flexibility index (Phi) is 5.46. The van der Waals surface area contributed by atoms with Crippen LogP contribution in [0, 0.1) is 0 Å². The summed E-state index contributed by atoms with van der Waals surface area (Å²) in [7, 11) is -4.39. The molecular formula is C24H20O2P2+2. The Labute approximate surface area is 166 Å². The quantitative estimate of drug-likeness (QED) is 0.518. The van der Waals surface area contributed by atoms with Gasteiger partial charge in [-0.3, -0.25) is 0 Å². The second-order valence-electron chi connectivity index (χ2n) is 6.45. The van der Waals surface area contributed by atoms with E-state index in [1.807, 2.05) is 115 Å². The van der Waals surface area contributed by atoms with Crippen LogP contribution < -0.4 is 26.5 Å². The van der Waals surface area contributed by atoms with Gasteiger partial charge in [-0.05, 0) is 60.7 Å². The summed E-state index contributed by atoms with van der Waals surface area (Å²) in [5.41, 5.74) is 0. The van der Waals surface area contributed by atoms with Crippen molar-refractivity contribution < 1.29 is 9.46 Å². The minimum atomic E-state index is -2.74. The third-order valence-electron chi connectivity index (χ3n) is 4.71. The Morgan fingerprint density at radius 1 is 0.500 bits per heavy atom. The zero-order valence-corrected chi connectivity index (χ0v) is 17.0. The van der Waals surface area contributed by atoms with Crippen LogP contribution in [-0.4, -0.2) is 4.89 Å². The average Bonchev–Trinajstić information content (AvgIpc) is 2.80. The van der Waals surface area contributed by atoms with Crippen molar-refractivity contribution in [2.24, 2.45) is 0 Å². The summed E-state index contributed by atoms with van der Waals surface area (Å²) in [6, 6.07) is 36.6. The molecule has 0 fully saturated rings. The van der Waals surface area contributed by atoms with E-state index in [0.717, 1.165) is 26.5 Å². The van der Waals surface area contributed by atoms with Gasteiger partial charge in [-0.2, -0.15) is 0 Å². The molecule has 4 aromatic carbocycles. The van der Waals surface area contributed by atoms with Gasteiger partial charge in [-0.25, -0.2) is 4.89 Å². The molecule has 1 unspecified atom stereocenters. The molecule has 0 aliphatic heterocycles. The highest BCUT2D eigenvalue weighted by Crippen LogP contribution is 2.50. The summed E-state index contributed by atoms with van der Waals surface area (Å²) >= 11 is 0. The molecule has 1 atom stereocenters. The molecule has 4 rings (SSSR count). The summed E-state index contributed by atoms with van der Waals surface area (Å²) in [6.07, 6.45) is 0. The predicted octanol–water partition coefficient (Wildman–Crippen LogP) is 3.67. The van der Waals surface area contributed by atoms with Gasteiger partial charge in [0.05, 0.1) is 0 Å². The number of hydrogen-bond donors (Lipinski definition) is 1. The lowest BCUT2D eigenvalue weighted by atomic mass is 10.3. The maximum atomic E-state index is 12.8. The molecule has 0 saturated carbocycles. The van der Waals surface area contributed by atoms with Gasteiger partial charge >= 0.3 is 7.80 Å². The minimum absolute atomic E-state index is 0.762. The van der Waals surface area contributed by atoms with E-state index in [0.29, 0.717) is 0 Å². The predicted molar refractivity (Wildman–Crippen MR) is 121 cm³/mol. The maximum Gasteiger partial charge on any atom is 0.415 e. The van der Waals surface area contributed by atoms with Crippen LogP contribution in [0.1, 0.15) is 0 Å². The fraction of sp³-hybridized carbons (Fsp3) is 0. The molecule has 0 heterocycles. The molecule has 136 valence electrons. The molecular weight excluding hydrogens is 382 g/mol. The first-order chi connectivity index (χ1) is 13.7. The molecule has 28 heavy (non-hydrogen) atoms. The van der Waals surface area contributed by atoms with E-state index < -0.39 is 15.3 Å². The minimum Gasteiger partial charge on any atom is -0.235 e. The first-order valence-electron chi connectivity index (χ1n) is 9.05. The van der Waals surface area contributed by atoms with Crippen molar-refractivity contribution in [2.45, 2.75) is 0 Å². The van der Waals surface area contributed by atoms with Gasteiger partial charge < -0.3 is 0 Å². The first kappa shape index (κ1) is 18.7. The summed E-state index contributed by atoms with van der Waals surface area (Å²) in [5, 5.41) is 4.23. The molecule has 2 nitrogen and oxygen atoms in total. The summed E-state index contributed by atoms with van der Waals surface area (Å²) in [5.74, 6) is 0. The largest absolute Gasteiger partial charge is 0.415 e. The van der Waals surface area contributed by atoms with Crippen molar-refractivity contribution in [1.29, 1.82) is 0 Å². The molecule has 0 bridgehead atoms. The smallest absolute Gasteiger partial charge is 0.235 e. The van der Waals surface area contributed by atoms with Crippen molar-refractivity contribution >= 4 is 41.8 Å². The lowest BCUT2D eigenvalue weighted by Gasteiger charge is -2.19. The Morgan fingerprint density at radius 3 is 1.32 bits per heavy atom. The molecule has 0 aliphatic rings. The lowest BCUT2D eigenvalue weighted by Crippen LogP contribution is -2.31. The van der Waals surface area contributed by atoms with E-state index in [4.69, 9.17) is 0 Å². The van der Waals surface area contributed by atoms with E-state index >= 15 is 0 Å². The molecule has 0 spiro atoms. The molecule has 0 saturated heterocycles. The second-order valence-corrected chi connectivity index (χ2v) is 10.9. The highest BCUT2D eigenvalue weighted by molar-refractivity contribution is 7.91. The van der Waals surface area contributed by atoms with Gasteiger partial charge in [-0.15, -0.1) is 0 Å². The standard InChI is InChI=1S/C24H20O2P2/c25-27(20-10-4-1-5-11-20)21-16-18-24(19-17-21)28(26,22-12-6-2-7-13-22)23-14-8-3-9-15-23/h1-19,26H/q+2. The fourth-order valence-corrected chi connectivity index (χ4v) is 7.09. The summed E-state index contributed by atoms with van der Waals surface area (Å²) in [4.78, 5) is 11.9. The molecule has 0 aliphatic carbocycles. The van der Waals surface area contributed by atoms with E-state index in [2.05, 4.69) is 0 Å². The SMILES string of the molecule is O=[P+](c1ccccc1)c1ccc([P+](O)(c2ccccc2)c2ccccc2)cc1. The van der Waals surface area contributed by atoms with Crippen molar-refractivity contribution in [1.82, 2.24) is 0 Å². The second kappa shape index (κ2) is 8.17. The van der Waals surface area contributed by atoms with Crippen LogP contribution in [-0.2, 0) is 4.57 Å². The number of rotatable bonds is 5. The molecule has 4 aromatic rings. The van der Waals surface area contributed by atoms with E-state index in [1.165, 1.54) is 0 Å². The fourth-order valence-electron chi connectivity index (χ4n) is 3.25. The molecule has 1 N–H and O–H groups in total. The van der Waals surface area contributed by atoms with Gasteiger partial charge in [0.15, 0.2) is 10.6 Å². The van der Waals surface area contributed by atoms with E-state index in [9.17, 15) is 9.46 Å². The van der Waals surface area contributed by atoms with Gasteiger partial charge in [0.25, 0.3) is 0 Å². The van der Waals surface area contributed by atoms with Gasteiger partial charge in [-0.1, -0.05) is 59.2 Å². The monoisotopic (exact) mass is 402 g/mol. The number of hydrogen-bond acceptors (Lipinski definition) is 2. The highest BCUT2D eigenvalue weighted by atomic mass is 31.2. The van der Waals surface area contributed by atoms with Crippen LogP contribution in [0.4, 0.5) is 0 Å². The zero-order chi connectivity index (χ0) is 19.4. The summed E-state index contributed by atoms with van der Waals surface area (Å²) in [6.45, 7) is 0. The first-order valence-corrected chi connectivity index (χ1v) is 12.1. The van der Waals surface area contributed by atoms with Crippen LogP contribution in [0.2, 0.25) is 0 Å². The molecule has 0 amide bonds. The number of benzene rings is 4. The lowest BCUT2D eigenvalue weighted by molar-refractivity contribution is 0.598.